The molecule has 0 bridgehead atoms. The number of pyridine rings is 1. The van der Waals surface area contributed by atoms with Crippen LogP contribution in [0.2, 0.25) is 0 Å². The number of carbonyl (C=O) groups is 2. The van der Waals surface area contributed by atoms with Crippen molar-refractivity contribution < 1.29 is 9.59 Å². The molecule has 3 unspecified atom stereocenters. The van der Waals surface area contributed by atoms with Crippen LogP contribution in [0.5, 0.6) is 0 Å². The largest absolute Gasteiger partial charge is 0.352 e. The average molecular weight is 479 g/mol. The topological polar surface area (TPSA) is 97.1 Å². The van der Waals surface area contributed by atoms with Crippen LogP contribution in [0, 0.1) is 11.3 Å². The Morgan fingerprint density at radius 1 is 0.971 bits per heavy atom. The summed E-state index contributed by atoms with van der Waals surface area (Å²) >= 11 is 0. The van der Waals surface area contributed by atoms with Crippen molar-refractivity contribution in [1.29, 1.82) is 0 Å². The predicted octanol–water partition coefficient (Wildman–Crippen LogP) is 4.70. The summed E-state index contributed by atoms with van der Waals surface area (Å²) in [5.41, 5.74) is 7.88. The molecule has 2 amide bonds. The Hall–Kier alpha value is -2.73. The third kappa shape index (κ3) is 7.89. The number of amides is 2. The Labute approximate surface area is 210 Å². The van der Waals surface area contributed by atoms with E-state index in [1.807, 2.05) is 55.5 Å². The molecule has 35 heavy (non-hydrogen) atoms. The maximum atomic E-state index is 13.5. The maximum Gasteiger partial charge on any atom is 0.237 e. The minimum Gasteiger partial charge on any atom is -0.352 e. The summed E-state index contributed by atoms with van der Waals surface area (Å²) in [4.78, 5) is 30.7. The molecule has 0 spiro atoms. The first kappa shape index (κ1) is 26.9. The fraction of sp³-hybridized carbons (Fsp3) is 0.552. The number of carbonyl (C=O) groups excluding carboxylic acids is 2. The highest BCUT2D eigenvalue weighted by atomic mass is 16.2. The summed E-state index contributed by atoms with van der Waals surface area (Å²) in [5.74, 6) is 0.257. The van der Waals surface area contributed by atoms with E-state index < -0.39 is 6.04 Å². The molecule has 1 aliphatic rings. The number of nitrogens with two attached hydrogens (primary N) is 1. The number of benzene rings is 1. The molecular weight excluding hydrogens is 436 g/mol. The number of hydrogen-bond acceptors (Lipinski definition) is 4. The Morgan fingerprint density at radius 3 is 2.29 bits per heavy atom. The van der Waals surface area contributed by atoms with Crippen LogP contribution < -0.4 is 16.4 Å². The molecule has 3 rings (SSSR count). The summed E-state index contributed by atoms with van der Waals surface area (Å²) in [5, 5.41) is 6.47. The van der Waals surface area contributed by atoms with Crippen LogP contribution in [0.25, 0.3) is 0 Å². The van der Waals surface area contributed by atoms with Gasteiger partial charge in [-0.2, -0.15) is 0 Å². The Bertz CT molecular complexity index is 926. The first-order chi connectivity index (χ1) is 16.8. The van der Waals surface area contributed by atoms with E-state index in [1.165, 1.54) is 6.42 Å². The SMILES string of the molecule is CC(C)CC(N)C(=O)NC(C)C1(CC(=O)NC(Cc2ccccn2)c2ccccc2)CCCCC1. The lowest BCUT2D eigenvalue weighted by Gasteiger charge is -2.42. The quantitative estimate of drug-likeness (QED) is 0.436. The van der Waals surface area contributed by atoms with Crippen molar-refractivity contribution in [1.82, 2.24) is 15.6 Å². The van der Waals surface area contributed by atoms with Gasteiger partial charge in [0.15, 0.2) is 0 Å². The van der Waals surface area contributed by atoms with Gasteiger partial charge < -0.3 is 16.4 Å². The molecule has 3 atom stereocenters. The zero-order valence-electron chi connectivity index (χ0n) is 21.5. The lowest BCUT2D eigenvalue weighted by molar-refractivity contribution is -0.128. The third-order valence-electron chi connectivity index (χ3n) is 7.38. The van der Waals surface area contributed by atoms with E-state index in [0.717, 1.165) is 36.9 Å². The van der Waals surface area contributed by atoms with Crippen LogP contribution in [-0.4, -0.2) is 28.9 Å². The van der Waals surface area contributed by atoms with E-state index in [2.05, 4.69) is 29.5 Å². The van der Waals surface area contributed by atoms with Crippen LogP contribution >= 0.6 is 0 Å². The van der Waals surface area contributed by atoms with Crippen molar-refractivity contribution in [2.75, 3.05) is 0 Å². The Morgan fingerprint density at radius 2 is 1.66 bits per heavy atom. The first-order valence-corrected chi connectivity index (χ1v) is 13.1. The number of hydrogen-bond donors (Lipinski definition) is 3. The molecule has 0 aliphatic heterocycles. The summed E-state index contributed by atoms with van der Waals surface area (Å²) in [6.45, 7) is 6.18. The van der Waals surface area contributed by atoms with E-state index in [1.54, 1.807) is 6.20 Å². The molecule has 1 heterocycles. The standard InChI is InChI=1S/C29H42N4O2/c1-21(2)18-25(30)28(35)32-22(3)29(15-9-5-10-16-29)20-27(34)33-26(23-12-6-4-7-13-23)19-24-14-8-11-17-31-24/h4,6-8,11-14,17,21-22,25-26H,5,9-10,15-16,18-20,30H2,1-3H3,(H,32,35)(H,33,34). The highest BCUT2D eigenvalue weighted by molar-refractivity contribution is 5.82. The number of nitrogens with zero attached hydrogens (tertiary/aromatic N) is 1. The van der Waals surface area contributed by atoms with Crippen LogP contribution in [0.4, 0.5) is 0 Å². The zero-order chi connectivity index (χ0) is 25.3. The van der Waals surface area contributed by atoms with Crippen LogP contribution in [0.15, 0.2) is 54.7 Å². The smallest absolute Gasteiger partial charge is 0.237 e. The number of aromatic nitrogens is 1. The Kier molecular flexibility index (Phi) is 9.84. The molecule has 1 aromatic heterocycles. The van der Waals surface area contributed by atoms with Crippen LogP contribution in [-0.2, 0) is 16.0 Å². The van der Waals surface area contributed by atoms with E-state index in [9.17, 15) is 9.59 Å². The van der Waals surface area contributed by atoms with Crippen molar-refractivity contribution in [2.24, 2.45) is 17.1 Å². The van der Waals surface area contributed by atoms with Gasteiger partial charge in [-0.1, -0.05) is 69.5 Å². The molecule has 4 N–H and O–H groups in total. The minimum absolute atomic E-state index is 0.0178. The highest BCUT2D eigenvalue weighted by Gasteiger charge is 2.40. The van der Waals surface area contributed by atoms with Crippen LogP contribution in [0.1, 0.15) is 83.0 Å². The van der Waals surface area contributed by atoms with Gasteiger partial charge in [-0.15, -0.1) is 0 Å². The molecule has 6 heteroatoms. The van der Waals surface area contributed by atoms with E-state index in [-0.39, 0.29) is 29.3 Å². The van der Waals surface area contributed by atoms with E-state index in [4.69, 9.17) is 5.73 Å². The lowest BCUT2D eigenvalue weighted by Crippen LogP contribution is -2.53. The van der Waals surface area contributed by atoms with Crippen molar-refractivity contribution >= 4 is 11.8 Å². The second-order valence-electron chi connectivity index (χ2n) is 10.6. The lowest BCUT2D eigenvalue weighted by atomic mass is 9.67. The summed E-state index contributed by atoms with van der Waals surface area (Å²) in [6.07, 6.45) is 8.61. The van der Waals surface area contributed by atoms with Crippen molar-refractivity contribution in [3.05, 3.63) is 66.0 Å². The summed E-state index contributed by atoms with van der Waals surface area (Å²) < 4.78 is 0. The molecule has 1 aliphatic carbocycles. The van der Waals surface area contributed by atoms with Crippen molar-refractivity contribution in [3.63, 3.8) is 0 Å². The van der Waals surface area contributed by atoms with Gasteiger partial charge in [0.05, 0.1) is 12.1 Å². The molecule has 6 nitrogen and oxygen atoms in total. The first-order valence-electron chi connectivity index (χ1n) is 13.1. The van der Waals surface area contributed by atoms with Gasteiger partial charge in [0.1, 0.15) is 0 Å². The Balaban J connectivity index is 1.73. The van der Waals surface area contributed by atoms with E-state index >= 15 is 0 Å². The molecule has 190 valence electrons. The molecule has 1 fully saturated rings. The van der Waals surface area contributed by atoms with Gasteiger partial charge in [0.2, 0.25) is 11.8 Å². The fourth-order valence-corrected chi connectivity index (χ4v) is 5.34. The molecule has 1 saturated carbocycles. The van der Waals surface area contributed by atoms with Gasteiger partial charge in [-0.05, 0) is 55.2 Å². The molecular formula is C29H42N4O2. The van der Waals surface area contributed by atoms with Gasteiger partial charge in [-0.25, -0.2) is 0 Å². The second-order valence-corrected chi connectivity index (χ2v) is 10.6. The van der Waals surface area contributed by atoms with Crippen LogP contribution in [0.3, 0.4) is 0 Å². The predicted molar refractivity (Wildman–Crippen MR) is 140 cm³/mol. The fourth-order valence-electron chi connectivity index (χ4n) is 5.34. The normalized spacial score (nSPS) is 17.9. The van der Waals surface area contributed by atoms with Gasteiger partial charge in [0.25, 0.3) is 0 Å². The van der Waals surface area contributed by atoms with E-state index in [0.29, 0.717) is 25.2 Å². The van der Waals surface area contributed by atoms with Crippen molar-refractivity contribution in [3.8, 4) is 0 Å². The van der Waals surface area contributed by atoms with Gasteiger partial charge in [-0.3, -0.25) is 14.6 Å². The van der Waals surface area contributed by atoms with Gasteiger partial charge in [0, 0.05) is 30.8 Å². The number of nitrogens with one attached hydrogen (secondary N) is 2. The van der Waals surface area contributed by atoms with Gasteiger partial charge >= 0.3 is 0 Å². The average Bonchev–Trinajstić information content (AvgIpc) is 2.85. The number of rotatable bonds is 11. The highest BCUT2D eigenvalue weighted by Crippen LogP contribution is 2.42. The zero-order valence-corrected chi connectivity index (χ0v) is 21.5. The summed E-state index contributed by atoms with van der Waals surface area (Å²) in [6, 6.07) is 15.1. The van der Waals surface area contributed by atoms with Crippen molar-refractivity contribution in [2.45, 2.75) is 90.3 Å². The second kappa shape index (κ2) is 12.8. The molecule has 2 aromatic rings. The third-order valence-corrected chi connectivity index (χ3v) is 7.38. The molecule has 0 saturated heterocycles. The molecule has 0 radical (unpaired) electrons. The molecule has 1 aromatic carbocycles. The minimum atomic E-state index is -0.521. The maximum absolute atomic E-state index is 13.5. The monoisotopic (exact) mass is 478 g/mol. The summed E-state index contributed by atoms with van der Waals surface area (Å²) in [7, 11) is 0.